The van der Waals surface area contributed by atoms with Crippen LogP contribution >= 0.6 is 0 Å². The molecule has 0 aliphatic heterocycles. The summed E-state index contributed by atoms with van der Waals surface area (Å²) in [5.41, 5.74) is 6.11. The fraction of sp³-hybridized carbons (Fsp3) is 0.727. The molecule has 0 bridgehead atoms. The topological polar surface area (TPSA) is 96.8 Å². The second-order valence-electron chi connectivity index (χ2n) is 4.48. The van der Waals surface area contributed by atoms with Crippen LogP contribution < -0.4 is 5.73 Å². The van der Waals surface area contributed by atoms with Crippen molar-refractivity contribution in [2.75, 3.05) is 39.6 Å². The Morgan fingerprint density at radius 3 is 2.67 bits per heavy atom. The minimum Gasteiger partial charge on any atom is -0.396 e. The average molecular weight is 258 g/mol. The number of methoxy groups -OCH3 is 1. The van der Waals surface area contributed by atoms with Gasteiger partial charge >= 0.3 is 0 Å². The molecule has 0 saturated carbocycles. The third kappa shape index (κ3) is 5.46. The average Bonchev–Trinajstić information content (AvgIpc) is 2.63. The lowest BCUT2D eigenvalue weighted by Crippen LogP contribution is -2.38. The van der Waals surface area contributed by atoms with E-state index in [4.69, 9.17) is 10.5 Å². The van der Waals surface area contributed by atoms with Crippen molar-refractivity contribution < 1.29 is 14.9 Å². The number of likely N-dealkylation sites (N-methyl/N-ethyl adjacent to an activating group) is 1. The first-order valence-electron chi connectivity index (χ1n) is 5.82. The number of hydrogen-bond acceptors (Lipinski definition) is 6. The number of nitrogens with two attached hydrogens (primary N) is 1. The van der Waals surface area contributed by atoms with Crippen LogP contribution in [0.25, 0.3) is 0 Å². The van der Waals surface area contributed by atoms with Gasteiger partial charge in [-0.2, -0.15) is 5.10 Å². The highest BCUT2D eigenvalue weighted by Crippen LogP contribution is 2.01. The van der Waals surface area contributed by atoms with Gasteiger partial charge in [-0.25, -0.2) is 0 Å². The monoisotopic (exact) mass is 258 g/mol. The lowest BCUT2D eigenvalue weighted by Gasteiger charge is -2.22. The second-order valence-corrected chi connectivity index (χ2v) is 4.48. The highest BCUT2D eigenvalue weighted by atomic mass is 16.5. The van der Waals surface area contributed by atoms with Crippen LogP contribution in [0.5, 0.6) is 0 Å². The highest BCUT2D eigenvalue weighted by molar-refractivity contribution is 5.30. The van der Waals surface area contributed by atoms with Gasteiger partial charge in [0.1, 0.15) is 0 Å². The molecule has 1 aromatic heterocycles. The molecule has 0 fully saturated rings. The van der Waals surface area contributed by atoms with Crippen LogP contribution in [-0.2, 0) is 11.3 Å². The summed E-state index contributed by atoms with van der Waals surface area (Å²) in [6.07, 6.45) is 2.10. The molecule has 0 aliphatic carbocycles. The van der Waals surface area contributed by atoms with E-state index in [0.29, 0.717) is 25.3 Å². The smallest absolute Gasteiger partial charge is 0.0899 e. The minimum atomic E-state index is -0.566. The van der Waals surface area contributed by atoms with Crippen molar-refractivity contribution >= 4 is 5.69 Å². The molecule has 2 atom stereocenters. The van der Waals surface area contributed by atoms with Gasteiger partial charge in [-0.3, -0.25) is 4.68 Å². The van der Waals surface area contributed by atoms with Crippen LogP contribution in [0.1, 0.15) is 0 Å². The van der Waals surface area contributed by atoms with Crippen molar-refractivity contribution in [1.82, 2.24) is 14.7 Å². The second kappa shape index (κ2) is 7.32. The van der Waals surface area contributed by atoms with Crippen molar-refractivity contribution in [2.45, 2.75) is 18.8 Å². The van der Waals surface area contributed by atoms with Crippen LogP contribution in [0.15, 0.2) is 12.4 Å². The number of nitrogens with zero attached hydrogens (tertiary/aromatic N) is 3. The van der Waals surface area contributed by atoms with Crippen molar-refractivity contribution in [1.29, 1.82) is 0 Å². The molecule has 18 heavy (non-hydrogen) atoms. The van der Waals surface area contributed by atoms with Crippen LogP contribution in [0.2, 0.25) is 0 Å². The highest BCUT2D eigenvalue weighted by Gasteiger charge is 2.13. The summed E-state index contributed by atoms with van der Waals surface area (Å²) in [7, 11) is 3.37. The Morgan fingerprint density at radius 1 is 1.44 bits per heavy atom. The fourth-order valence-electron chi connectivity index (χ4n) is 1.79. The minimum absolute atomic E-state index is 0.288. The van der Waals surface area contributed by atoms with Crippen molar-refractivity contribution in [2.24, 2.45) is 0 Å². The zero-order valence-corrected chi connectivity index (χ0v) is 10.9. The number of hydrogen-bond donors (Lipinski definition) is 3. The first kappa shape index (κ1) is 14.9. The molecular weight excluding hydrogens is 236 g/mol. The Bertz CT molecular complexity index is 345. The van der Waals surface area contributed by atoms with Gasteiger partial charge in [0.2, 0.25) is 0 Å². The normalized spacial score (nSPS) is 14.9. The lowest BCUT2D eigenvalue weighted by atomic mass is 10.3. The molecule has 0 spiro atoms. The summed E-state index contributed by atoms with van der Waals surface area (Å²) in [5.74, 6) is 0. The molecule has 1 heterocycles. The van der Waals surface area contributed by atoms with Crippen molar-refractivity contribution in [3.8, 4) is 0 Å². The van der Waals surface area contributed by atoms with Gasteiger partial charge < -0.3 is 25.6 Å². The Morgan fingerprint density at radius 2 is 2.11 bits per heavy atom. The number of ether oxygens (including phenoxy) is 1. The molecule has 7 nitrogen and oxygen atoms in total. The SMILES string of the molecule is COCC(O)CN(C)CC(O)Cn1cc(N)cn1. The molecule has 0 aliphatic rings. The summed E-state index contributed by atoms with van der Waals surface area (Å²) in [5, 5.41) is 23.4. The van der Waals surface area contributed by atoms with Gasteiger partial charge in [0.25, 0.3) is 0 Å². The Labute approximate surface area is 107 Å². The summed E-state index contributed by atoms with van der Waals surface area (Å²) < 4.78 is 6.44. The summed E-state index contributed by atoms with van der Waals surface area (Å²) in [4.78, 5) is 1.85. The van der Waals surface area contributed by atoms with E-state index >= 15 is 0 Å². The molecule has 0 amide bonds. The molecule has 0 aromatic carbocycles. The standard InChI is InChI=1S/C11H22N4O3/c1-14(6-11(17)8-18-2)5-10(16)7-15-4-9(12)3-13-15/h3-4,10-11,16-17H,5-8,12H2,1-2H3. The number of aliphatic hydroxyl groups excluding tert-OH is 2. The van der Waals surface area contributed by atoms with Crippen molar-refractivity contribution in [3.63, 3.8) is 0 Å². The number of aromatic nitrogens is 2. The Balaban J connectivity index is 2.28. The Hall–Kier alpha value is -1.15. The van der Waals surface area contributed by atoms with Crippen LogP contribution in [0, 0.1) is 0 Å². The van der Waals surface area contributed by atoms with E-state index in [1.807, 2.05) is 11.9 Å². The van der Waals surface area contributed by atoms with Gasteiger partial charge in [-0.05, 0) is 7.05 Å². The van der Waals surface area contributed by atoms with Gasteiger partial charge in [-0.1, -0.05) is 0 Å². The van der Waals surface area contributed by atoms with E-state index in [0.717, 1.165) is 0 Å². The molecule has 2 unspecified atom stereocenters. The molecule has 4 N–H and O–H groups in total. The number of nitrogen functional groups attached to an aromatic ring is 1. The zero-order chi connectivity index (χ0) is 13.5. The lowest BCUT2D eigenvalue weighted by molar-refractivity contribution is 0.0294. The van der Waals surface area contributed by atoms with Crippen LogP contribution in [0.4, 0.5) is 5.69 Å². The first-order valence-corrected chi connectivity index (χ1v) is 5.82. The predicted molar refractivity (Wildman–Crippen MR) is 68.0 cm³/mol. The third-order valence-corrected chi connectivity index (χ3v) is 2.45. The molecule has 0 saturated heterocycles. The number of rotatable bonds is 8. The summed E-state index contributed by atoms with van der Waals surface area (Å²) in [6, 6.07) is 0. The van der Waals surface area contributed by atoms with Crippen LogP contribution in [-0.4, -0.2) is 71.0 Å². The maximum Gasteiger partial charge on any atom is 0.0899 e. The number of anilines is 1. The quantitative estimate of drug-likeness (QED) is 0.540. The third-order valence-electron chi connectivity index (χ3n) is 2.45. The summed E-state index contributed by atoms with van der Waals surface area (Å²) in [6.45, 7) is 1.56. The molecule has 7 heteroatoms. The van der Waals surface area contributed by atoms with Crippen LogP contribution in [0.3, 0.4) is 0 Å². The van der Waals surface area contributed by atoms with E-state index in [9.17, 15) is 10.2 Å². The fourth-order valence-corrected chi connectivity index (χ4v) is 1.79. The van der Waals surface area contributed by atoms with E-state index in [-0.39, 0.29) is 6.61 Å². The van der Waals surface area contributed by atoms with Gasteiger partial charge in [0.05, 0.1) is 37.2 Å². The maximum absolute atomic E-state index is 9.87. The predicted octanol–water partition coefficient (Wildman–Crippen LogP) is -1.23. The molecule has 1 aromatic rings. The maximum atomic E-state index is 9.87. The molecule has 104 valence electrons. The van der Waals surface area contributed by atoms with E-state index in [1.165, 1.54) is 0 Å². The summed E-state index contributed by atoms with van der Waals surface area (Å²) >= 11 is 0. The Kier molecular flexibility index (Phi) is 6.06. The molecule has 0 radical (unpaired) electrons. The first-order chi connectivity index (χ1) is 8.51. The van der Waals surface area contributed by atoms with Gasteiger partial charge in [0, 0.05) is 26.4 Å². The largest absolute Gasteiger partial charge is 0.396 e. The van der Waals surface area contributed by atoms with E-state index < -0.39 is 12.2 Å². The molecular formula is C11H22N4O3. The van der Waals surface area contributed by atoms with Crippen molar-refractivity contribution in [3.05, 3.63) is 12.4 Å². The van der Waals surface area contributed by atoms with E-state index in [2.05, 4.69) is 5.10 Å². The van der Waals surface area contributed by atoms with E-state index in [1.54, 1.807) is 24.2 Å². The molecule has 1 rings (SSSR count). The zero-order valence-electron chi connectivity index (χ0n) is 10.9. The van der Waals surface area contributed by atoms with Gasteiger partial charge in [0.15, 0.2) is 0 Å². The number of aliphatic hydroxyl groups is 2. The van der Waals surface area contributed by atoms with Gasteiger partial charge in [-0.15, -0.1) is 0 Å².